The van der Waals surface area contributed by atoms with Crippen LogP contribution in [0.25, 0.3) is 0 Å². The molecule has 0 saturated carbocycles. The maximum Gasteiger partial charge on any atom is 0.101 e. The van der Waals surface area contributed by atoms with Crippen LogP contribution in [0, 0.1) is 11.3 Å². The van der Waals surface area contributed by atoms with Gasteiger partial charge >= 0.3 is 0 Å². The molecule has 0 amide bonds. The van der Waals surface area contributed by atoms with Gasteiger partial charge < -0.3 is 11.1 Å². The highest BCUT2D eigenvalue weighted by atomic mass is 14.9. The van der Waals surface area contributed by atoms with Gasteiger partial charge in [-0.25, -0.2) is 0 Å². The van der Waals surface area contributed by atoms with Gasteiger partial charge in [-0.05, 0) is 23.3 Å². The Labute approximate surface area is 107 Å². The Balaban J connectivity index is 2.14. The van der Waals surface area contributed by atoms with Crippen LogP contribution in [-0.4, -0.2) is 0 Å². The van der Waals surface area contributed by atoms with Gasteiger partial charge in [-0.2, -0.15) is 5.26 Å². The topological polar surface area (TPSA) is 61.8 Å². The number of nitrogens with two attached hydrogens (primary N) is 1. The molecular weight excluding hydrogens is 222 g/mol. The first-order valence-electron chi connectivity index (χ1n) is 5.85. The molecule has 2 aromatic carbocycles. The summed E-state index contributed by atoms with van der Waals surface area (Å²) in [5.41, 5.74) is 9.49. The summed E-state index contributed by atoms with van der Waals surface area (Å²) in [5, 5.41) is 12.3. The minimum Gasteiger partial charge on any atom is -0.380 e. The highest BCUT2D eigenvalue weighted by Gasteiger charge is 2.02. The average Bonchev–Trinajstić information content (AvgIpc) is 2.45. The number of anilines is 1. The van der Waals surface area contributed by atoms with Crippen molar-refractivity contribution in [1.82, 2.24) is 0 Å². The van der Waals surface area contributed by atoms with E-state index in [1.807, 2.05) is 42.5 Å². The Bertz CT molecular complexity index is 570. The molecule has 3 nitrogen and oxygen atoms in total. The predicted octanol–water partition coefficient (Wildman–Crippen LogP) is 2.63. The molecule has 0 bridgehead atoms. The molecule has 90 valence electrons. The van der Waals surface area contributed by atoms with Crippen molar-refractivity contribution in [3.63, 3.8) is 0 Å². The normalized spacial score (nSPS) is 9.78. The lowest BCUT2D eigenvalue weighted by atomic mass is 10.1. The number of benzene rings is 2. The third-order valence-corrected chi connectivity index (χ3v) is 2.86. The van der Waals surface area contributed by atoms with Gasteiger partial charge in [0.15, 0.2) is 0 Å². The first-order valence-corrected chi connectivity index (χ1v) is 5.85. The van der Waals surface area contributed by atoms with Crippen LogP contribution in [0.15, 0.2) is 48.5 Å². The van der Waals surface area contributed by atoms with Gasteiger partial charge in [-0.3, -0.25) is 0 Å². The van der Waals surface area contributed by atoms with Gasteiger partial charge in [0, 0.05) is 13.1 Å². The Hall–Kier alpha value is -2.31. The quantitative estimate of drug-likeness (QED) is 0.859. The Morgan fingerprint density at radius 2 is 1.67 bits per heavy atom. The zero-order valence-electron chi connectivity index (χ0n) is 10.1. The van der Waals surface area contributed by atoms with E-state index in [0.29, 0.717) is 18.7 Å². The van der Waals surface area contributed by atoms with Gasteiger partial charge in [0.2, 0.25) is 0 Å². The number of nitrogens with zero attached hydrogens (tertiary/aromatic N) is 1. The third-order valence-electron chi connectivity index (χ3n) is 2.86. The van der Waals surface area contributed by atoms with E-state index < -0.39 is 0 Å². The second-order valence-electron chi connectivity index (χ2n) is 3.98. The fourth-order valence-electron chi connectivity index (χ4n) is 1.85. The lowest BCUT2D eigenvalue weighted by Crippen LogP contribution is -2.06. The lowest BCUT2D eigenvalue weighted by molar-refractivity contribution is 1.01. The molecule has 2 rings (SSSR count). The van der Waals surface area contributed by atoms with E-state index in [9.17, 15) is 0 Å². The van der Waals surface area contributed by atoms with Gasteiger partial charge in [0.1, 0.15) is 6.07 Å². The van der Waals surface area contributed by atoms with Crippen molar-refractivity contribution in [2.75, 3.05) is 5.32 Å². The summed E-state index contributed by atoms with van der Waals surface area (Å²) >= 11 is 0. The number of hydrogen-bond acceptors (Lipinski definition) is 3. The molecule has 0 atom stereocenters. The summed E-state index contributed by atoms with van der Waals surface area (Å²) in [6, 6.07) is 17.7. The molecule has 0 saturated heterocycles. The molecule has 3 N–H and O–H groups in total. The number of nitriles is 1. The Morgan fingerprint density at radius 3 is 2.39 bits per heavy atom. The standard InChI is InChI=1S/C15H15N3/c16-9-12-5-1-2-7-14(12)11-18-15-8-4-3-6-13(15)10-17/h1-8,18H,9,11,16H2. The molecule has 0 spiro atoms. The van der Waals surface area contributed by atoms with Crippen LogP contribution in [-0.2, 0) is 13.1 Å². The number of rotatable bonds is 4. The van der Waals surface area contributed by atoms with Crippen molar-refractivity contribution >= 4 is 5.69 Å². The maximum atomic E-state index is 9.01. The molecule has 3 heteroatoms. The zero-order chi connectivity index (χ0) is 12.8. The Morgan fingerprint density at radius 1 is 1.00 bits per heavy atom. The van der Waals surface area contributed by atoms with Gasteiger partial charge in [-0.15, -0.1) is 0 Å². The van der Waals surface area contributed by atoms with E-state index in [-0.39, 0.29) is 0 Å². The van der Waals surface area contributed by atoms with Gasteiger partial charge in [-0.1, -0.05) is 36.4 Å². The van der Waals surface area contributed by atoms with Crippen molar-refractivity contribution in [3.8, 4) is 6.07 Å². The van der Waals surface area contributed by atoms with Gasteiger partial charge in [0.25, 0.3) is 0 Å². The summed E-state index contributed by atoms with van der Waals surface area (Å²) in [5.74, 6) is 0. The van der Waals surface area contributed by atoms with Crippen LogP contribution in [0.4, 0.5) is 5.69 Å². The van der Waals surface area contributed by atoms with Crippen LogP contribution in [0.5, 0.6) is 0 Å². The fourth-order valence-corrected chi connectivity index (χ4v) is 1.85. The molecule has 0 fully saturated rings. The van der Waals surface area contributed by atoms with E-state index in [1.165, 1.54) is 0 Å². The first kappa shape index (κ1) is 12.2. The average molecular weight is 237 g/mol. The van der Waals surface area contributed by atoms with Crippen LogP contribution >= 0.6 is 0 Å². The monoisotopic (exact) mass is 237 g/mol. The molecule has 0 aliphatic rings. The van der Waals surface area contributed by atoms with Crippen molar-refractivity contribution in [3.05, 3.63) is 65.2 Å². The molecule has 18 heavy (non-hydrogen) atoms. The summed E-state index contributed by atoms with van der Waals surface area (Å²) in [6.07, 6.45) is 0. The highest BCUT2D eigenvalue weighted by molar-refractivity contribution is 5.57. The summed E-state index contributed by atoms with van der Waals surface area (Å²) in [4.78, 5) is 0. The highest BCUT2D eigenvalue weighted by Crippen LogP contribution is 2.16. The van der Waals surface area contributed by atoms with Crippen LogP contribution in [0.2, 0.25) is 0 Å². The largest absolute Gasteiger partial charge is 0.380 e. The van der Waals surface area contributed by atoms with Crippen molar-refractivity contribution in [1.29, 1.82) is 5.26 Å². The van der Waals surface area contributed by atoms with E-state index in [0.717, 1.165) is 16.8 Å². The summed E-state index contributed by atoms with van der Waals surface area (Å²) in [6.45, 7) is 1.20. The van der Waals surface area contributed by atoms with E-state index in [1.54, 1.807) is 6.07 Å². The number of nitrogens with one attached hydrogen (secondary N) is 1. The molecule has 0 radical (unpaired) electrons. The van der Waals surface area contributed by atoms with E-state index in [4.69, 9.17) is 11.0 Å². The second kappa shape index (κ2) is 5.85. The minimum absolute atomic E-state index is 0.526. The van der Waals surface area contributed by atoms with E-state index >= 15 is 0 Å². The van der Waals surface area contributed by atoms with Crippen LogP contribution < -0.4 is 11.1 Å². The van der Waals surface area contributed by atoms with Crippen molar-refractivity contribution < 1.29 is 0 Å². The smallest absolute Gasteiger partial charge is 0.101 e. The van der Waals surface area contributed by atoms with Crippen molar-refractivity contribution in [2.24, 2.45) is 5.73 Å². The molecular formula is C15H15N3. The molecule has 0 heterocycles. The molecule has 2 aromatic rings. The molecule has 0 aliphatic carbocycles. The lowest BCUT2D eigenvalue weighted by Gasteiger charge is -2.11. The van der Waals surface area contributed by atoms with Crippen LogP contribution in [0.3, 0.4) is 0 Å². The second-order valence-corrected chi connectivity index (χ2v) is 3.98. The maximum absolute atomic E-state index is 9.01. The van der Waals surface area contributed by atoms with E-state index in [2.05, 4.69) is 11.4 Å². The number of hydrogen-bond donors (Lipinski definition) is 2. The van der Waals surface area contributed by atoms with Gasteiger partial charge in [0.05, 0.1) is 11.3 Å². The summed E-state index contributed by atoms with van der Waals surface area (Å²) in [7, 11) is 0. The number of para-hydroxylation sites is 1. The van der Waals surface area contributed by atoms with Crippen molar-refractivity contribution in [2.45, 2.75) is 13.1 Å². The zero-order valence-corrected chi connectivity index (χ0v) is 10.1. The molecule has 0 unspecified atom stereocenters. The van der Waals surface area contributed by atoms with Crippen LogP contribution in [0.1, 0.15) is 16.7 Å². The predicted molar refractivity (Wildman–Crippen MR) is 72.8 cm³/mol. The first-order chi connectivity index (χ1) is 8.85. The Kier molecular flexibility index (Phi) is 3.95. The fraction of sp³-hybridized carbons (Fsp3) is 0.133. The molecule has 0 aromatic heterocycles. The minimum atomic E-state index is 0.526. The molecule has 0 aliphatic heterocycles. The summed E-state index contributed by atoms with van der Waals surface area (Å²) < 4.78 is 0. The SMILES string of the molecule is N#Cc1ccccc1NCc1ccccc1CN. The third kappa shape index (κ3) is 2.68.